The van der Waals surface area contributed by atoms with Crippen LogP contribution in [0.4, 0.5) is 0 Å². The zero-order valence-corrected chi connectivity index (χ0v) is 12.0. The second-order valence-electron chi connectivity index (χ2n) is 5.51. The summed E-state index contributed by atoms with van der Waals surface area (Å²) in [5.74, 6) is 0.296. The summed E-state index contributed by atoms with van der Waals surface area (Å²) < 4.78 is 0. The maximum atomic E-state index is 10.4. The largest absolute Gasteiger partial charge is 0.392 e. The van der Waals surface area contributed by atoms with Gasteiger partial charge in [-0.3, -0.25) is 0 Å². The topological polar surface area (TPSA) is 69.0 Å². The molecule has 0 amide bonds. The van der Waals surface area contributed by atoms with Crippen molar-refractivity contribution >= 4 is 0 Å². The van der Waals surface area contributed by atoms with Gasteiger partial charge in [0.15, 0.2) is 0 Å². The molecule has 1 aliphatic rings. The Balaban J connectivity index is 2.47. The molecule has 1 saturated carbocycles. The van der Waals surface area contributed by atoms with E-state index in [1.165, 1.54) is 32.1 Å². The Morgan fingerprint density at radius 1 is 1.32 bits per heavy atom. The molecule has 0 aromatic rings. The molecule has 0 spiro atoms. The van der Waals surface area contributed by atoms with E-state index >= 15 is 0 Å². The lowest BCUT2D eigenvalue weighted by atomic mass is 9.82. The summed E-state index contributed by atoms with van der Waals surface area (Å²) in [4.78, 5) is 2.88. The molecule has 1 N–H and O–H groups in total. The Hall–Kier alpha value is -0.990. The number of allylic oxidation sites excluding steroid dienone is 1. The minimum absolute atomic E-state index is 0.296. The molecule has 2 atom stereocenters. The lowest BCUT2D eigenvalue weighted by molar-refractivity contribution is 0.0742. The van der Waals surface area contributed by atoms with Crippen LogP contribution >= 0.6 is 0 Å². The highest BCUT2D eigenvalue weighted by Gasteiger charge is 2.26. The normalized spacial score (nSPS) is 20.1. The number of nitrogens with zero attached hydrogens (tertiary/aromatic N) is 3. The molecule has 108 valence electrons. The molecule has 1 rings (SSSR count). The van der Waals surface area contributed by atoms with Crippen molar-refractivity contribution in [1.82, 2.24) is 0 Å². The molecule has 4 nitrogen and oxygen atoms in total. The van der Waals surface area contributed by atoms with Crippen molar-refractivity contribution in [3.05, 3.63) is 22.6 Å². The quantitative estimate of drug-likeness (QED) is 0.222. The number of rotatable bonds is 8. The van der Waals surface area contributed by atoms with Gasteiger partial charge in [0.2, 0.25) is 0 Å². The summed E-state index contributed by atoms with van der Waals surface area (Å²) in [5, 5.41) is 14.1. The fourth-order valence-corrected chi connectivity index (χ4v) is 2.78. The summed E-state index contributed by atoms with van der Waals surface area (Å²) in [7, 11) is 0. The third-order valence-corrected chi connectivity index (χ3v) is 3.98. The third-order valence-electron chi connectivity index (χ3n) is 3.98. The zero-order chi connectivity index (χ0) is 13.9. The Labute approximate surface area is 116 Å². The molecule has 0 bridgehead atoms. The number of hydrogen-bond donors (Lipinski definition) is 1. The standard InChI is InChI=1S/C15H27N3O/c1-2-3-4-5-9-12-14(17-18-16)15(19)13-10-7-6-8-11-13/h9,12-15,19H,2-8,10-11H2,1H3/b12-9+/t14-,15+/m0/s1. The molecule has 0 aromatic carbocycles. The van der Waals surface area contributed by atoms with E-state index in [1.807, 2.05) is 6.08 Å². The van der Waals surface area contributed by atoms with Gasteiger partial charge in [0.1, 0.15) is 0 Å². The number of aliphatic hydroxyl groups is 1. The molecule has 0 aromatic heterocycles. The van der Waals surface area contributed by atoms with E-state index < -0.39 is 12.1 Å². The molecular weight excluding hydrogens is 238 g/mol. The molecule has 0 aliphatic heterocycles. The number of unbranched alkanes of at least 4 members (excludes halogenated alkanes) is 3. The fourth-order valence-electron chi connectivity index (χ4n) is 2.78. The van der Waals surface area contributed by atoms with E-state index in [4.69, 9.17) is 5.53 Å². The first-order valence-corrected chi connectivity index (χ1v) is 7.68. The summed E-state index contributed by atoms with van der Waals surface area (Å²) in [6.07, 6.45) is 13.8. The third kappa shape index (κ3) is 6.13. The van der Waals surface area contributed by atoms with Crippen molar-refractivity contribution in [3.63, 3.8) is 0 Å². The van der Waals surface area contributed by atoms with Crippen LogP contribution in [0.5, 0.6) is 0 Å². The lowest BCUT2D eigenvalue weighted by Gasteiger charge is -2.28. The van der Waals surface area contributed by atoms with Crippen LogP contribution in [0.25, 0.3) is 10.4 Å². The smallest absolute Gasteiger partial charge is 0.0817 e. The number of hydrogen-bond acceptors (Lipinski definition) is 2. The van der Waals surface area contributed by atoms with Gasteiger partial charge in [-0.25, -0.2) is 0 Å². The average molecular weight is 265 g/mol. The Kier molecular flexibility index (Phi) is 8.35. The summed E-state index contributed by atoms with van der Waals surface area (Å²) >= 11 is 0. The average Bonchev–Trinajstić information content (AvgIpc) is 2.46. The molecule has 1 fully saturated rings. The van der Waals surface area contributed by atoms with Crippen LogP contribution in [0.1, 0.15) is 64.7 Å². The van der Waals surface area contributed by atoms with Gasteiger partial charge in [-0.2, -0.15) is 0 Å². The molecule has 0 unspecified atom stereocenters. The molecule has 0 heterocycles. The highest BCUT2D eigenvalue weighted by atomic mass is 16.3. The molecule has 0 radical (unpaired) electrons. The van der Waals surface area contributed by atoms with Crippen LogP contribution in [0, 0.1) is 5.92 Å². The van der Waals surface area contributed by atoms with E-state index in [1.54, 1.807) is 0 Å². The first-order valence-electron chi connectivity index (χ1n) is 7.68. The first-order chi connectivity index (χ1) is 9.29. The molecule has 1 aliphatic carbocycles. The van der Waals surface area contributed by atoms with E-state index in [2.05, 4.69) is 23.0 Å². The minimum atomic E-state index is -0.515. The fraction of sp³-hybridized carbons (Fsp3) is 0.867. The van der Waals surface area contributed by atoms with Gasteiger partial charge in [-0.15, -0.1) is 0 Å². The van der Waals surface area contributed by atoms with E-state index in [0.717, 1.165) is 25.7 Å². The van der Waals surface area contributed by atoms with E-state index in [0.29, 0.717) is 5.92 Å². The predicted molar refractivity (Wildman–Crippen MR) is 78.8 cm³/mol. The van der Waals surface area contributed by atoms with Gasteiger partial charge in [0, 0.05) is 4.91 Å². The first kappa shape index (κ1) is 16.1. The maximum Gasteiger partial charge on any atom is 0.0817 e. The van der Waals surface area contributed by atoms with Crippen molar-refractivity contribution < 1.29 is 5.11 Å². The SMILES string of the molecule is CCCCC/C=C/[C@H](N=[N+]=[N-])[C@H](O)C1CCCCC1. The second-order valence-corrected chi connectivity index (χ2v) is 5.51. The van der Waals surface area contributed by atoms with Crippen LogP contribution in [-0.2, 0) is 0 Å². The van der Waals surface area contributed by atoms with Gasteiger partial charge in [-0.1, -0.05) is 56.3 Å². The van der Waals surface area contributed by atoms with Crippen LogP contribution in [0.3, 0.4) is 0 Å². The second kappa shape index (κ2) is 9.88. The van der Waals surface area contributed by atoms with Gasteiger partial charge in [0.25, 0.3) is 0 Å². The maximum absolute atomic E-state index is 10.4. The van der Waals surface area contributed by atoms with Gasteiger partial charge >= 0.3 is 0 Å². The number of aliphatic hydroxyl groups excluding tert-OH is 1. The van der Waals surface area contributed by atoms with E-state index in [-0.39, 0.29) is 0 Å². The highest BCUT2D eigenvalue weighted by molar-refractivity contribution is 4.99. The highest BCUT2D eigenvalue weighted by Crippen LogP contribution is 2.29. The lowest BCUT2D eigenvalue weighted by Crippen LogP contribution is -2.32. The Morgan fingerprint density at radius 3 is 2.68 bits per heavy atom. The Bertz CT molecular complexity index is 305. The molecule has 0 saturated heterocycles. The van der Waals surface area contributed by atoms with Gasteiger partial charge in [0.05, 0.1) is 12.1 Å². The van der Waals surface area contributed by atoms with Crippen LogP contribution in [0.2, 0.25) is 0 Å². The van der Waals surface area contributed by atoms with Crippen molar-refractivity contribution in [2.75, 3.05) is 0 Å². The van der Waals surface area contributed by atoms with Crippen molar-refractivity contribution in [2.24, 2.45) is 11.0 Å². The number of azide groups is 1. The molecular formula is C15H27N3O. The van der Waals surface area contributed by atoms with Crippen molar-refractivity contribution in [2.45, 2.75) is 76.9 Å². The zero-order valence-electron chi connectivity index (χ0n) is 12.0. The predicted octanol–water partition coefficient (Wildman–Crippen LogP) is 4.74. The van der Waals surface area contributed by atoms with Crippen LogP contribution < -0.4 is 0 Å². The van der Waals surface area contributed by atoms with Crippen molar-refractivity contribution in [3.8, 4) is 0 Å². The van der Waals surface area contributed by atoms with Crippen LogP contribution in [-0.4, -0.2) is 17.3 Å². The summed E-state index contributed by atoms with van der Waals surface area (Å²) in [5.41, 5.74) is 8.64. The minimum Gasteiger partial charge on any atom is -0.392 e. The van der Waals surface area contributed by atoms with Gasteiger partial charge in [-0.05, 0) is 37.1 Å². The van der Waals surface area contributed by atoms with Gasteiger partial charge < -0.3 is 5.11 Å². The summed E-state index contributed by atoms with van der Waals surface area (Å²) in [6, 6.07) is -0.394. The Morgan fingerprint density at radius 2 is 2.05 bits per heavy atom. The monoisotopic (exact) mass is 265 g/mol. The van der Waals surface area contributed by atoms with E-state index in [9.17, 15) is 5.11 Å². The molecule has 4 heteroatoms. The molecule has 19 heavy (non-hydrogen) atoms. The summed E-state index contributed by atoms with van der Waals surface area (Å²) in [6.45, 7) is 2.18. The van der Waals surface area contributed by atoms with Crippen LogP contribution in [0.15, 0.2) is 17.3 Å². The van der Waals surface area contributed by atoms with Crippen molar-refractivity contribution in [1.29, 1.82) is 0 Å².